The Hall–Kier alpha value is -0.930. The first-order chi connectivity index (χ1) is 12.1. The number of hydrogen-bond acceptors (Lipinski definition) is 2. The van der Waals surface area contributed by atoms with E-state index in [9.17, 15) is 0 Å². The summed E-state index contributed by atoms with van der Waals surface area (Å²) in [5.74, 6) is 0.846. The molecule has 0 aliphatic heterocycles. The molecule has 25 heavy (non-hydrogen) atoms. The molecule has 1 aliphatic carbocycles. The van der Waals surface area contributed by atoms with E-state index in [1.807, 2.05) is 30.3 Å². The molecule has 0 radical (unpaired) electrons. The maximum absolute atomic E-state index is 6.18. The van der Waals surface area contributed by atoms with E-state index < -0.39 is 0 Å². The minimum Gasteiger partial charge on any atom is -0.489 e. The van der Waals surface area contributed by atoms with Crippen LogP contribution in [0.2, 0.25) is 15.1 Å². The Balaban J connectivity index is 1.64. The summed E-state index contributed by atoms with van der Waals surface area (Å²) in [7, 11) is 0. The molecule has 1 aliphatic rings. The van der Waals surface area contributed by atoms with Crippen molar-refractivity contribution in [2.24, 2.45) is 0 Å². The average Bonchev–Trinajstić information content (AvgIpc) is 2.63. The van der Waals surface area contributed by atoms with Gasteiger partial charge in [-0.05, 0) is 48.7 Å². The van der Waals surface area contributed by atoms with Crippen LogP contribution in [-0.4, -0.2) is 6.04 Å². The summed E-state index contributed by atoms with van der Waals surface area (Å²) in [5.41, 5.74) is 2.06. The number of hydrogen-bond donors (Lipinski definition) is 1. The van der Waals surface area contributed by atoms with E-state index in [2.05, 4.69) is 5.32 Å². The van der Waals surface area contributed by atoms with E-state index in [0.717, 1.165) is 28.4 Å². The molecule has 1 saturated carbocycles. The highest BCUT2D eigenvalue weighted by Gasteiger charge is 2.14. The summed E-state index contributed by atoms with van der Waals surface area (Å²) >= 11 is 18.2. The van der Waals surface area contributed by atoms with Crippen molar-refractivity contribution in [1.29, 1.82) is 0 Å². The molecule has 1 fully saturated rings. The molecule has 0 amide bonds. The van der Waals surface area contributed by atoms with Gasteiger partial charge in [-0.3, -0.25) is 0 Å². The van der Waals surface area contributed by atoms with E-state index in [-0.39, 0.29) is 0 Å². The van der Waals surface area contributed by atoms with E-state index in [1.54, 1.807) is 6.07 Å². The van der Waals surface area contributed by atoms with Crippen LogP contribution in [0.25, 0.3) is 0 Å². The van der Waals surface area contributed by atoms with Gasteiger partial charge in [0.25, 0.3) is 0 Å². The minimum atomic E-state index is 0.439. The first kappa shape index (κ1) is 18.8. The fourth-order valence-electron chi connectivity index (χ4n) is 3.18. The maximum Gasteiger partial charge on any atom is 0.124 e. The monoisotopic (exact) mass is 397 g/mol. The summed E-state index contributed by atoms with van der Waals surface area (Å²) in [5, 5.41) is 5.46. The smallest absolute Gasteiger partial charge is 0.124 e. The Bertz CT molecular complexity index is 714. The number of halogens is 3. The lowest BCUT2D eigenvalue weighted by Crippen LogP contribution is -2.30. The lowest BCUT2D eigenvalue weighted by Gasteiger charge is -2.23. The van der Waals surface area contributed by atoms with E-state index in [0.29, 0.717) is 22.7 Å². The van der Waals surface area contributed by atoms with Crippen molar-refractivity contribution in [3.8, 4) is 5.75 Å². The number of rotatable bonds is 6. The van der Waals surface area contributed by atoms with Crippen molar-refractivity contribution in [2.45, 2.75) is 51.3 Å². The van der Waals surface area contributed by atoms with Crippen LogP contribution >= 0.6 is 34.8 Å². The van der Waals surface area contributed by atoms with Crippen molar-refractivity contribution < 1.29 is 4.74 Å². The maximum atomic E-state index is 6.18. The van der Waals surface area contributed by atoms with Gasteiger partial charge in [0, 0.05) is 23.2 Å². The van der Waals surface area contributed by atoms with Crippen molar-refractivity contribution in [3.05, 3.63) is 62.6 Å². The van der Waals surface area contributed by atoms with Gasteiger partial charge in [-0.1, -0.05) is 60.1 Å². The molecule has 0 unspecified atom stereocenters. The Morgan fingerprint density at radius 3 is 2.48 bits per heavy atom. The molecule has 0 heterocycles. The van der Waals surface area contributed by atoms with Crippen LogP contribution in [-0.2, 0) is 13.2 Å². The van der Waals surface area contributed by atoms with Gasteiger partial charge in [-0.2, -0.15) is 0 Å². The summed E-state index contributed by atoms with van der Waals surface area (Å²) < 4.78 is 6.01. The van der Waals surface area contributed by atoms with Crippen LogP contribution in [0.15, 0.2) is 36.4 Å². The van der Waals surface area contributed by atoms with Crippen molar-refractivity contribution in [2.75, 3.05) is 0 Å². The molecular weight excluding hydrogens is 377 g/mol. The molecule has 0 atom stereocenters. The lowest BCUT2D eigenvalue weighted by atomic mass is 9.95. The van der Waals surface area contributed by atoms with Gasteiger partial charge in [-0.15, -0.1) is 0 Å². The zero-order valence-electron chi connectivity index (χ0n) is 14.0. The predicted octanol–water partition coefficient (Wildman–Crippen LogP) is 6.65. The second kappa shape index (κ2) is 9.14. The van der Waals surface area contributed by atoms with Crippen LogP contribution < -0.4 is 10.1 Å². The molecule has 1 N–H and O–H groups in total. The van der Waals surface area contributed by atoms with Gasteiger partial charge in [0.2, 0.25) is 0 Å². The largest absolute Gasteiger partial charge is 0.489 e. The van der Waals surface area contributed by atoms with E-state index in [1.165, 1.54) is 32.1 Å². The average molecular weight is 399 g/mol. The van der Waals surface area contributed by atoms with Crippen LogP contribution in [0.4, 0.5) is 0 Å². The Morgan fingerprint density at radius 1 is 0.920 bits per heavy atom. The molecule has 0 spiro atoms. The normalized spacial score (nSPS) is 15.3. The molecule has 134 valence electrons. The van der Waals surface area contributed by atoms with E-state index >= 15 is 0 Å². The number of benzene rings is 2. The van der Waals surface area contributed by atoms with Gasteiger partial charge in [0.05, 0.1) is 10.0 Å². The summed E-state index contributed by atoms with van der Waals surface area (Å²) in [6.45, 7) is 1.21. The molecule has 3 rings (SSSR count). The zero-order valence-corrected chi connectivity index (χ0v) is 16.3. The Labute approximate surface area is 164 Å². The molecular formula is C20H22Cl3NO. The van der Waals surface area contributed by atoms with Crippen LogP contribution in [0.3, 0.4) is 0 Å². The fourth-order valence-corrected chi connectivity index (χ4v) is 3.69. The molecule has 2 aromatic carbocycles. The topological polar surface area (TPSA) is 21.3 Å². The Morgan fingerprint density at radius 2 is 1.72 bits per heavy atom. The Kier molecular flexibility index (Phi) is 6.89. The summed E-state index contributed by atoms with van der Waals surface area (Å²) in [6, 6.07) is 11.9. The molecule has 2 nitrogen and oxygen atoms in total. The van der Waals surface area contributed by atoms with Gasteiger partial charge < -0.3 is 10.1 Å². The standard InChI is InChI=1S/C20H22Cl3NO/c21-16-7-9-20(25-13-14-6-8-18(22)19(23)10-14)15(11-16)12-24-17-4-2-1-3-5-17/h6-11,17,24H,1-5,12-13H2. The highest BCUT2D eigenvalue weighted by Crippen LogP contribution is 2.27. The highest BCUT2D eigenvalue weighted by molar-refractivity contribution is 6.42. The second-order valence-corrected chi connectivity index (χ2v) is 7.76. The van der Waals surface area contributed by atoms with Crippen molar-refractivity contribution in [3.63, 3.8) is 0 Å². The molecule has 5 heteroatoms. The van der Waals surface area contributed by atoms with Gasteiger partial charge >= 0.3 is 0 Å². The van der Waals surface area contributed by atoms with Crippen LogP contribution in [0, 0.1) is 0 Å². The number of nitrogens with one attached hydrogen (secondary N) is 1. The van der Waals surface area contributed by atoms with Gasteiger partial charge in [-0.25, -0.2) is 0 Å². The first-order valence-corrected chi connectivity index (χ1v) is 9.84. The fraction of sp³-hybridized carbons (Fsp3) is 0.400. The van der Waals surface area contributed by atoms with Crippen LogP contribution in [0.5, 0.6) is 5.75 Å². The molecule has 0 aromatic heterocycles. The summed E-state index contributed by atoms with van der Waals surface area (Å²) in [4.78, 5) is 0. The van der Waals surface area contributed by atoms with Gasteiger partial charge in [0.1, 0.15) is 12.4 Å². The molecule has 0 bridgehead atoms. The zero-order chi connectivity index (χ0) is 17.6. The second-order valence-electron chi connectivity index (χ2n) is 6.51. The van der Waals surface area contributed by atoms with Crippen molar-refractivity contribution >= 4 is 34.8 Å². The number of ether oxygens (including phenoxy) is 1. The SMILES string of the molecule is Clc1ccc(OCc2ccc(Cl)c(Cl)c2)c(CNC2CCCCC2)c1. The third-order valence-electron chi connectivity index (χ3n) is 4.59. The molecule has 0 saturated heterocycles. The first-order valence-electron chi connectivity index (χ1n) is 8.70. The summed E-state index contributed by atoms with van der Waals surface area (Å²) in [6.07, 6.45) is 6.48. The van der Waals surface area contributed by atoms with E-state index in [4.69, 9.17) is 39.5 Å². The minimum absolute atomic E-state index is 0.439. The third-order valence-corrected chi connectivity index (χ3v) is 5.56. The molecule has 2 aromatic rings. The van der Waals surface area contributed by atoms with Gasteiger partial charge in [0.15, 0.2) is 0 Å². The predicted molar refractivity (Wildman–Crippen MR) is 106 cm³/mol. The highest BCUT2D eigenvalue weighted by atomic mass is 35.5. The van der Waals surface area contributed by atoms with Crippen molar-refractivity contribution in [1.82, 2.24) is 5.32 Å². The quantitative estimate of drug-likeness (QED) is 0.588. The lowest BCUT2D eigenvalue weighted by molar-refractivity contribution is 0.300. The van der Waals surface area contributed by atoms with Crippen LogP contribution in [0.1, 0.15) is 43.2 Å². The third kappa shape index (κ3) is 5.52.